The van der Waals surface area contributed by atoms with Crippen LogP contribution >= 0.6 is 23.5 Å². The van der Waals surface area contributed by atoms with Gasteiger partial charge in [0.25, 0.3) is 0 Å². The molecule has 106 valence electrons. The Morgan fingerprint density at radius 1 is 1.50 bits per heavy atom. The van der Waals surface area contributed by atoms with Crippen LogP contribution in [0.5, 0.6) is 0 Å². The molecule has 7 heteroatoms. The summed E-state index contributed by atoms with van der Waals surface area (Å²) in [7, 11) is 0. The first-order valence-electron chi connectivity index (χ1n) is 6.51. The van der Waals surface area contributed by atoms with Crippen LogP contribution in [0.25, 0.3) is 11.2 Å². The van der Waals surface area contributed by atoms with Crippen molar-refractivity contribution in [3.05, 3.63) is 18.3 Å². The number of carbonyl (C=O) groups is 1. The number of nitrogens with zero attached hydrogens (tertiary/aromatic N) is 3. The highest BCUT2D eigenvalue weighted by atomic mass is 32.2. The lowest BCUT2D eigenvalue weighted by molar-refractivity contribution is -0.133. The van der Waals surface area contributed by atoms with Gasteiger partial charge in [-0.15, -0.1) is 0 Å². The molecule has 2 aromatic rings. The summed E-state index contributed by atoms with van der Waals surface area (Å²) in [6, 6.07) is 4.18. The van der Waals surface area contributed by atoms with Crippen LogP contribution in [-0.4, -0.2) is 42.9 Å². The number of carboxylic acids is 1. The summed E-state index contributed by atoms with van der Waals surface area (Å²) < 4.78 is 2.14. The van der Waals surface area contributed by atoms with E-state index in [-0.39, 0.29) is 5.75 Å². The fraction of sp³-hybridized carbons (Fsp3) is 0.462. The quantitative estimate of drug-likeness (QED) is 0.876. The van der Waals surface area contributed by atoms with Gasteiger partial charge in [-0.1, -0.05) is 11.8 Å². The predicted molar refractivity (Wildman–Crippen MR) is 81.5 cm³/mol. The van der Waals surface area contributed by atoms with Crippen molar-refractivity contribution >= 4 is 40.7 Å². The summed E-state index contributed by atoms with van der Waals surface area (Å²) in [5, 5.41) is 9.65. The largest absolute Gasteiger partial charge is 0.481 e. The summed E-state index contributed by atoms with van der Waals surface area (Å²) in [6.07, 6.45) is 3.95. The van der Waals surface area contributed by atoms with Crippen LogP contribution in [0.2, 0.25) is 0 Å². The zero-order valence-corrected chi connectivity index (χ0v) is 12.5. The van der Waals surface area contributed by atoms with E-state index in [1.165, 1.54) is 11.8 Å². The van der Waals surface area contributed by atoms with Gasteiger partial charge in [0.1, 0.15) is 5.52 Å². The first-order chi connectivity index (χ1) is 9.75. The molecule has 20 heavy (non-hydrogen) atoms. The number of rotatable bonds is 4. The highest BCUT2D eigenvalue weighted by Crippen LogP contribution is 2.33. The van der Waals surface area contributed by atoms with Gasteiger partial charge >= 0.3 is 5.97 Å². The summed E-state index contributed by atoms with van der Waals surface area (Å²) in [5.74, 6) is 1.49. The SMILES string of the molecule is O=C(O)CSc1nc2cccnc2n1C1CCSCC1. The molecule has 0 spiro atoms. The molecule has 0 amide bonds. The van der Waals surface area contributed by atoms with E-state index in [1.54, 1.807) is 6.20 Å². The van der Waals surface area contributed by atoms with Crippen molar-refractivity contribution < 1.29 is 9.90 Å². The lowest BCUT2D eigenvalue weighted by atomic mass is 10.1. The smallest absolute Gasteiger partial charge is 0.313 e. The zero-order valence-electron chi connectivity index (χ0n) is 10.9. The molecule has 1 N–H and O–H groups in total. The summed E-state index contributed by atoms with van der Waals surface area (Å²) in [5.41, 5.74) is 1.72. The molecule has 1 saturated heterocycles. The van der Waals surface area contributed by atoms with Crippen molar-refractivity contribution in [1.82, 2.24) is 14.5 Å². The Morgan fingerprint density at radius 2 is 2.30 bits per heavy atom. The van der Waals surface area contributed by atoms with Crippen LogP contribution in [0.3, 0.4) is 0 Å². The van der Waals surface area contributed by atoms with Gasteiger partial charge in [0, 0.05) is 12.2 Å². The Hall–Kier alpha value is -1.21. The third-order valence-electron chi connectivity index (χ3n) is 3.30. The summed E-state index contributed by atoms with van der Waals surface area (Å²) in [6.45, 7) is 0. The van der Waals surface area contributed by atoms with Gasteiger partial charge < -0.3 is 9.67 Å². The van der Waals surface area contributed by atoms with Crippen LogP contribution in [0.1, 0.15) is 18.9 Å². The first-order valence-corrected chi connectivity index (χ1v) is 8.65. The number of aliphatic carboxylic acids is 1. The van der Waals surface area contributed by atoms with E-state index in [4.69, 9.17) is 5.11 Å². The average Bonchev–Trinajstić information content (AvgIpc) is 2.84. The molecular weight excluding hydrogens is 294 g/mol. The minimum atomic E-state index is -0.819. The molecule has 1 aliphatic rings. The van der Waals surface area contributed by atoms with Crippen LogP contribution < -0.4 is 0 Å². The molecular formula is C13H15N3O2S2. The van der Waals surface area contributed by atoms with Crippen molar-refractivity contribution in [3.8, 4) is 0 Å². The minimum absolute atomic E-state index is 0.0325. The second-order valence-corrected chi connectivity index (χ2v) is 6.80. The van der Waals surface area contributed by atoms with Gasteiger partial charge in [0.05, 0.1) is 5.75 Å². The number of imidazole rings is 1. The predicted octanol–water partition coefficient (Wildman–Crippen LogP) is 2.68. The van der Waals surface area contributed by atoms with Gasteiger partial charge in [-0.2, -0.15) is 11.8 Å². The third kappa shape index (κ3) is 2.78. The van der Waals surface area contributed by atoms with Crippen LogP contribution in [0, 0.1) is 0 Å². The van der Waals surface area contributed by atoms with Gasteiger partial charge in [-0.3, -0.25) is 4.79 Å². The van der Waals surface area contributed by atoms with Gasteiger partial charge in [0.15, 0.2) is 10.8 Å². The number of pyridine rings is 1. The minimum Gasteiger partial charge on any atom is -0.481 e. The van der Waals surface area contributed by atoms with Crippen molar-refractivity contribution in [3.63, 3.8) is 0 Å². The number of fused-ring (bicyclic) bond motifs is 1. The molecule has 0 saturated carbocycles. The highest BCUT2D eigenvalue weighted by molar-refractivity contribution is 7.99. The van der Waals surface area contributed by atoms with Crippen LogP contribution in [0.15, 0.2) is 23.5 Å². The van der Waals surface area contributed by atoms with Crippen molar-refractivity contribution in [2.75, 3.05) is 17.3 Å². The Balaban J connectivity index is 2.00. The third-order valence-corrected chi connectivity index (χ3v) is 5.28. The van der Waals surface area contributed by atoms with Gasteiger partial charge in [-0.25, -0.2) is 9.97 Å². The van der Waals surface area contributed by atoms with E-state index in [0.29, 0.717) is 6.04 Å². The number of hydrogen-bond donors (Lipinski definition) is 1. The van der Waals surface area contributed by atoms with E-state index in [2.05, 4.69) is 14.5 Å². The first kappa shape index (κ1) is 13.8. The number of thioether (sulfide) groups is 2. The van der Waals surface area contributed by atoms with E-state index in [9.17, 15) is 4.79 Å². The lowest BCUT2D eigenvalue weighted by Crippen LogP contribution is -2.16. The molecule has 1 aliphatic heterocycles. The molecule has 0 bridgehead atoms. The highest BCUT2D eigenvalue weighted by Gasteiger charge is 2.22. The molecule has 0 radical (unpaired) electrons. The van der Waals surface area contributed by atoms with Crippen LogP contribution in [0.4, 0.5) is 0 Å². The summed E-state index contributed by atoms with van der Waals surface area (Å²) in [4.78, 5) is 19.8. The monoisotopic (exact) mass is 309 g/mol. The van der Waals surface area contributed by atoms with E-state index in [0.717, 1.165) is 40.7 Å². The number of aromatic nitrogens is 3. The molecule has 0 aromatic carbocycles. The molecule has 3 rings (SSSR count). The number of hydrogen-bond acceptors (Lipinski definition) is 5. The van der Waals surface area contributed by atoms with E-state index < -0.39 is 5.97 Å². The molecule has 1 fully saturated rings. The Bertz CT molecular complexity index is 623. The second kappa shape index (κ2) is 6.05. The molecule has 0 unspecified atom stereocenters. The van der Waals surface area contributed by atoms with Crippen molar-refractivity contribution in [1.29, 1.82) is 0 Å². The Morgan fingerprint density at radius 3 is 3.05 bits per heavy atom. The lowest BCUT2D eigenvalue weighted by Gasteiger charge is -2.24. The topological polar surface area (TPSA) is 68.0 Å². The zero-order chi connectivity index (χ0) is 13.9. The standard InChI is InChI=1S/C13H15N3O2S2/c17-11(18)8-20-13-15-10-2-1-5-14-12(10)16(13)9-3-6-19-7-4-9/h1-2,5,9H,3-4,6-8H2,(H,17,18). The van der Waals surface area contributed by atoms with Crippen molar-refractivity contribution in [2.24, 2.45) is 0 Å². The maximum atomic E-state index is 10.8. The number of carboxylic acid groups (broad SMARTS) is 1. The molecule has 0 atom stereocenters. The molecule has 5 nitrogen and oxygen atoms in total. The normalized spacial score (nSPS) is 16.6. The maximum absolute atomic E-state index is 10.8. The second-order valence-electron chi connectivity index (χ2n) is 4.64. The van der Waals surface area contributed by atoms with Gasteiger partial charge in [0.2, 0.25) is 0 Å². The fourth-order valence-electron chi connectivity index (χ4n) is 2.41. The molecule has 3 heterocycles. The summed E-state index contributed by atoms with van der Waals surface area (Å²) >= 11 is 3.25. The molecule has 2 aromatic heterocycles. The molecule has 0 aliphatic carbocycles. The maximum Gasteiger partial charge on any atom is 0.313 e. The van der Waals surface area contributed by atoms with E-state index >= 15 is 0 Å². The Labute approximate surface area is 125 Å². The fourth-order valence-corrected chi connectivity index (χ4v) is 4.28. The van der Waals surface area contributed by atoms with E-state index in [1.807, 2.05) is 23.9 Å². The van der Waals surface area contributed by atoms with Crippen LogP contribution in [-0.2, 0) is 4.79 Å². The van der Waals surface area contributed by atoms with Crippen molar-refractivity contribution in [2.45, 2.75) is 24.0 Å². The Kier molecular flexibility index (Phi) is 4.16. The average molecular weight is 309 g/mol. The van der Waals surface area contributed by atoms with Gasteiger partial charge in [-0.05, 0) is 36.5 Å².